The SMILES string of the molecule is [B]OP(=O)(O)OP.[H-].[H-].[H-].[H-].[H-].[K+].[Mg+2].[Mg+2]. The van der Waals surface area contributed by atoms with Gasteiger partial charge >= 0.3 is 105 Å². The quantitative estimate of drug-likeness (QED) is 0.402. The molecule has 2 radical (unpaired) electrons. The Morgan fingerprint density at radius 2 is 1.90 bits per heavy atom. The molecule has 0 bridgehead atoms. The van der Waals surface area contributed by atoms with Crippen LogP contribution in [0, 0.1) is 0 Å². The molecular weight excluding hydrogens is 224 g/mol. The van der Waals surface area contributed by atoms with Crippen LogP contribution >= 0.6 is 17.3 Å². The van der Waals surface area contributed by atoms with Crippen LogP contribution in [0.4, 0.5) is 0 Å². The van der Waals surface area contributed by atoms with Gasteiger partial charge in [0.25, 0.3) is 8.05 Å². The average molecular weight is 233 g/mol. The van der Waals surface area contributed by atoms with Gasteiger partial charge in [0.15, 0.2) is 0 Å². The van der Waals surface area contributed by atoms with E-state index in [-0.39, 0.29) is 105 Å². The first kappa shape index (κ1) is 23.5. The zero-order chi connectivity index (χ0) is 5.91. The summed E-state index contributed by atoms with van der Waals surface area (Å²) >= 11 is 0. The van der Waals surface area contributed by atoms with Crippen LogP contribution in [0.5, 0.6) is 0 Å². The monoisotopic (exact) mass is 232 g/mol. The van der Waals surface area contributed by atoms with Crippen molar-refractivity contribution in [3.8, 4) is 0 Å². The Balaban J connectivity index is -0.00000000643. The van der Waals surface area contributed by atoms with Gasteiger partial charge in [-0.15, -0.1) is 0 Å². The Morgan fingerprint density at radius 1 is 1.60 bits per heavy atom. The molecule has 2 atom stereocenters. The Morgan fingerprint density at radius 3 is 1.90 bits per heavy atom. The Labute approximate surface area is 145 Å². The molecule has 0 aromatic carbocycles. The standard InChI is InChI=1S/BH3O4P2.K.2Mg.5H/c1-4-7(2,3)5-6;;;;;;;;/h6H2,(H,2,3);;;;;;;;/q;+1;2*+2;5*-1. The Kier molecular flexibility index (Phi) is 30.1. The molecule has 0 saturated heterocycles. The van der Waals surface area contributed by atoms with Gasteiger partial charge in [0.2, 0.25) is 0 Å². The third-order valence-electron chi connectivity index (χ3n) is 0.266. The summed E-state index contributed by atoms with van der Waals surface area (Å²) in [7, 11) is 1.90. The minimum Gasteiger partial charge on any atom is -1.00 e. The number of phosphoric acid groups is 1. The summed E-state index contributed by atoms with van der Waals surface area (Å²) < 4.78 is 17.1. The molecule has 1 N–H and O–H groups in total. The minimum atomic E-state index is -3.91. The average Bonchev–Trinajstić information content (AvgIpc) is 1.68. The maximum atomic E-state index is 9.92. The van der Waals surface area contributed by atoms with E-state index in [0.29, 0.717) is 0 Å². The second-order valence-corrected chi connectivity index (χ2v) is 2.67. The molecule has 2 unspecified atom stereocenters. The van der Waals surface area contributed by atoms with Crippen molar-refractivity contribution in [2.75, 3.05) is 0 Å². The molecule has 0 spiro atoms. The summed E-state index contributed by atoms with van der Waals surface area (Å²) in [5, 5.41) is 0. The van der Waals surface area contributed by atoms with E-state index in [1.54, 1.807) is 9.47 Å². The van der Waals surface area contributed by atoms with Crippen LogP contribution in [0.2, 0.25) is 0 Å². The van der Waals surface area contributed by atoms with Gasteiger partial charge in [-0.3, -0.25) is 4.31 Å². The fourth-order valence-electron chi connectivity index (χ4n) is 0.0248. The van der Waals surface area contributed by atoms with E-state index in [2.05, 4.69) is 16.8 Å². The molecule has 0 amide bonds. The molecule has 0 aliphatic rings. The summed E-state index contributed by atoms with van der Waals surface area (Å²) in [6.45, 7) is 0. The van der Waals surface area contributed by atoms with E-state index < -0.39 is 7.82 Å². The Hall–Kier alpha value is 3.77. The third-order valence-corrected chi connectivity index (χ3v) is 1.60. The molecule has 0 aromatic rings. The molecule has 0 rings (SSSR count). The fourth-order valence-corrected chi connectivity index (χ4v) is 0.224. The Bertz CT molecular complexity index is 107. The predicted molar refractivity (Wildman–Crippen MR) is 44.5 cm³/mol. The molecule has 0 fully saturated rings. The van der Waals surface area contributed by atoms with Gasteiger partial charge in [0.1, 0.15) is 0 Å². The third kappa shape index (κ3) is 14.3. The van der Waals surface area contributed by atoms with Crippen molar-refractivity contribution in [2.24, 2.45) is 0 Å². The van der Waals surface area contributed by atoms with Crippen LogP contribution < -0.4 is 51.4 Å². The maximum Gasteiger partial charge on any atom is 2.00 e. The molecule has 0 heterocycles. The van der Waals surface area contributed by atoms with Gasteiger partial charge < -0.3 is 16.5 Å². The minimum absolute atomic E-state index is 0. The smallest absolute Gasteiger partial charge is 1.00 e. The first-order valence-corrected chi connectivity index (χ1v) is 3.19. The van der Waals surface area contributed by atoms with Crippen LogP contribution in [0.25, 0.3) is 0 Å². The van der Waals surface area contributed by atoms with Crippen LogP contribution in [0.15, 0.2) is 0 Å². The van der Waals surface area contributed by atoms with Crippen LogP contribution in [0.3, 0.4) is 0 Å². The molecule has 0 aromatic heterocycles. The maximum absolute atomic E-state index is 9.92. The molecule has 10 heavy (non-hydrogen) atoms. The van der Waals surface area contributed by atoms with Gasteiger partial charge in [-0.25, -0.2) is 4.57 Å². The van der Waals surface area contributed by atoms with Crippen LogP contribution in [-0.4, -0.2) is 59.0 Å². The van der Waals surface area contributed by atoms with Crippen molar-refractivity contribution in [3.05, 3.63) is 0 Å². The van der Waals surface area contributed by atoms with Crippen molar-refractivity contribution in [1.29, 1.82) is 0 Å². The summed E-state index contributed by atoms with van der Waals surface area (Å²) in [6, 6.07) is 0. The van der Waals surface area contributed by atoms with E-state index in [1.165, 1.54) is 0 Å². The van der Waals surface area contributed by atoms with Gasteiger partial charge in [0.05, 0.1) is 0 Å². The molecular formula is H8BKMg2O4P2. The second kappa shape index (κ2) is 12.8. The van der Waals surface area contributed by atoms with E-state index >= 15 is 0 Å². The van der Waals surface area contributed by atoms with Gasteiger partial charge in [-0.2, -0.15) is 0 Å². The molecule has 4 nitrogen and oxygen atoms in total. The number of hydrogen-bond donors (Lipinski definition) is 1. The van der Waals surface area contributed by atoms with E-state index in [1.807, 2.05) is 0 Å². The van der Waals surface area contributed by atoms with Gasteiger partial charge in [-0.05, 0) is 0 Å². The summed E-state index contributed by atoms with van der Waals surface area (Å²) in [4.78, 5) is 8.10. The molecule has 0 aliphatic heterocycles. The van der Waals surface area contributed by atoms with Crippen molar-refractivity contribution in [3.63, 3.8) is 0 Å². The first-order chi connectivity index (χ1) is 3.12. The zero-order valence-corrected chi connectivity index (χ0v) is 13.7. The molecule has 0 saturated carbocycles. The van der Waals surface area contributed by atoms with Gasteiger partial charge in [0, 0.05) is 9.47 Å². The van der Waals surface area contributed by atoms with E-state index in [0.717, 1.165) is 0 Å². The van der Waals surface area contributed by atoms with Crippen LogP contribution in [0.1, 0.15) is 7.13 Å². The largest absolute Gasteiger partial charge is 2.00 e. The van der Waals surface area contributed by atoms with E-state index in [4.69, 9.17) is 4.89 Å². The second-order valence-electron chi connectivity index (χ2n) is 0.679. The normalized spacial score (nSPS) is 13.0. The van der Waals surface area contributed by atoms with Gasteiger partial charge in [-0.1, -0.05) is 0 Å². The van der Waals surface area contributed by atoms with Crippen molar-refractivity contribution >= 4 is 71.4 Å². The summed E-state index contributed by atoms with van der Waals surface area (Å²) in [6.07, 6.45) is 0. The molecule has 10 heteroatoms. The van der Waals surface area contributed by atoms with Crippen LogP contribution in [-0.2, 0) is 13.3 Å². The van der Waals surface area contributed by atoms with Crippen molar-refractivity contribution in [2.45, 2.75) is 0 Å². The zero-order valence-electron chi connectivity index (χ0n) is 10.7. The number of hydrogen-bond acceptors (Lipinski definition) is 3. The number of rotatable bonds is 2. The first-order valence-electron chi connectivity index (χ1n) is 1.22. The molecule has 50 valence electrons. The van der Waals surface area contributed by atoms with Crippen molar-refractivity contribution < 1.29 is 76.7 Å². The summed E-state index contributed by atoms with van der Waals surface area (Å²) in [5.74, 6) is 0. The van der Waals surface area contributed by atoms with Crippen molar-refractivity contribution in [1.82, 2.24) is 0 Å². The molecule has 0 aliphatic carbocycles. The summed E-state index contributed by atoms with van der Waals surface area (Å²) in [5.41, 5.74) is 0. The predicted octanol–water partition coefficient (Wildman–Crippen LogP) is -3.20. The fraction of sp³-hybridized carbons (Fsp3) is 0. The topological polar surface area (TPSA) is 55.8 Å². The van der Waals surface area contributed by atoms with E-state index in [9.17, 15) is 4.57 Å².